The number of amides is 4. The van der Waals surface area contributed by atoms with Gasteiger partial charge < -0.3 is 20.4 Å². The number of benzene rings is 2. The number of hydrogen-bond donors (Lipinski definition) is 2. The van der Waals surface area contributed by atoms with Crippen molar-refractivity contribution >= 4 is 29.4 Å². The molecule has 0 saturated carbocycles. The van der Waals surface area contributed by atoms with Gasteiger partial charge in [0.1, 0.15) is 17.7 Å². The van der Waals surface area contributed by atoms with Gasteiger partial charge in [-0.3, -0.25) is 9.59 Å². The Morgan fingerprint density at radius 1 is 0.971 bits per heavy atom. The molecule has 1 heterocycles. The molecule has 0 aromatic heterocycles. The summed E-state index contributed by atoms with van der Waals surface area (Å²) in [5, 5.41) is 5.44. The second-order valence-electron chi connectivity index (χ2n) is 8.04. The molecule has 2 aromatic rings. The van der Waals surface area contributed by atoms with Gasteiger partial charge in [0.25, 0.3) is 5.91 Å². The number of carbonyl (C=O) groups is 3. The minimum atomic E-state index is -0.702. The molecule has 0 radical (unpaired) electrons. The highest BCUT2D eigenvalue weighted by Gasteiger charge is 2.30. The Morgan fingerprint density at radius 3 is 2.21 bits per heavy atom. The van der Waals surface area contributed by atoms with Gasteiger partial charge in [0, 0.05) is 32.7 Å². The summed E-state index contributed by atoms with van der Waals surface area (Å²) in [6.45, 7) is 3.33. The zero-order valence-corrected chi connectivity index (χ0v) is 19.6. The first-order valence-electron chi connectivity index (χ1n) is 11.1. The SMILES string of the molecule is CCCC(NC(=O)NCc1ccc(F)cc1)C(=O)N1CCN(C(=O)c2ccc(F)cc2Cl)CC1. The molecule has 1 fully saturated rings. The molecule has 2 N–H and O–H groups in total. The van der Waals surface area contributed by atoms with E-state index in [1.54, 1.807) is 21.9 Å². The predicted molar refractivity (Wildman–Crippen MR) is 124 cm³/mol. The van der Waals surface area contributed by atoms with E-state index >= 15 is 0 Å². The third kappa shape index (κ3) is 6.66. The molecule has 34 heavy (non-hydrogen) atoms. The van der Waals surface area contributed by atoms with Gasteiger partial charge in [0.2, 0.25) is 5.91 Å². The van der Waals surface area contributed by atoms with Crippen molar-refractivity contribution in [2.45, 2.75) is 32.4 Å². The minimum Gasteiger partial charge on any atom is -0.337 e. The van der Waals surface area contributed by atoms with Gasteiger partial charge in [-0.25, -0.2) is 13.6 Å². The van der Waals surface area contributed by atoms with Crippen LogP contribution in [0.5, 0.6) is 0 Å². The molecular weight excluding hydrogens is 466 g/mol. The van der Waals surface area contributed by atoms with Gasteiger partial charge in [0.05, 0.1) is 10.6 Å². The molecule has 2 aromatic carbocycles. The van der Waals surface area contributed by atoms with Crippen molar-refractivity contribution in [3.05, 3.63) is 70.2 Å². The van der Waals surface area contributed by atoms with Crippen molar-refractivity contribution in [1.29, 1.82) is 0 Å². The van der Waals surface area contributed by atoms with Crippen LogP contribution in [-0.4, -0.2) is 59.9 Å². The lowest BCUT2D eigenvalue weighted by molar-refractivity contribution is -0.134. The van der Waals surface area contributed by atoms with Crippen LogP contribution in [0, 0.1) is 11.6 Å². The Bertz CT molecular complexity index is 1030. The van der Waals surface area contributed by atoms with Gasteiger partial charge >= 0.3 is 6.03 Å². The number of carbonyl (C=O) groups excluding carboxylic acids is 3. The van der Waals surface area contributed by atoms with Gasteiger partial charge in [-0.2, -0.15) is 0 Å². The maximum absolute atomic E-state index is 13.3. The zero-order valence-electron chi connectivity index (χ0n) is 18.8. The summed E-state index contributed by atoms with van der Waals surface area (Å²) >= 11 is 6.00. The number of urea groups is 1. The topological polar surface area (TPSA) is 81.8 Å². The third-order valence-corrected chi connectivity index (χ3v) is 5.90. The second-order valence-corrected chi connectivity index (χ2v) is 8.44. The standard InChI is InChI=1S/C24H27ClF2N4O3/c1-2-3-21(29-24(34)28-15-16-4-6-17(26)7-5-16)23(33)31-12-10-30(11-13-31)22(32)19-9-8-18(27)14-20(19)25/h4-9,14,21H,2-3,10-13,15H2,1H3,(H2,28,29,34). The van der Waals surface area contributed by atoms with Crippen molar-refractivity contribution in [1.82, 2.24) is 20.4 Å². The van der Waals surface area contributed by atoms with E-state index in [2.05, 4.69) is 10.6 Å². The van der Waals surface area contributed by atoms with Crippen molar-refractivity contribution in [2.75, 3.05) is 26.2 Å². The minimum absolute atomic E-state index is 0.0439. The molecule has 1 aliphatic rings. The van der Waals surface area contributed by atoms with Crippen LogP contribution in [-0.2, 0) is 11.3 Å². The Balaban J connectivity index is 1.53. The van der Waals surface area contributed by atoms with Crippen LogP contribution in [0.25, 0.3) is 0 Å². The van der Waals surface area contributed by atoms with Crippen molar-refractivity contribution in [2.24, 2.45) is 0 Å². The number of hydrogen-bond acceptors (Lipinski definition) is 3. The number of halogens is 3. The van der Waals surface area contributed by atoms with E-state index < -0.39 is 17.9 Å². The molecule has 10 heteroatoms. The summed E-state index contributed by atoms with van der Waals surface area (Å²) < 4.78 is 26.3. The van der Waals surface area contributed by atoms with Crippen LogP contribution in [0.3, 0.4) is 0 Å². The highest BCUT2D eigenvalue weighted by atomic mass is 35.5. The fourth-order valence-electron chi connectivity index (χ4n) is 3.72. The van der Waals surface area contributed by atoms with E-state index in [0.29, 0.717) is 39.0 Å². The first-order valence-corrected chi connectivity index (χ1v) is 11.5. The Kier molecular flexibility index (Phi) is 8.81. The Morgan fingerprint density at radius 2 is 1.59 bits per heavy atom. The molecule has 3 rings (SSSR count). The molecule has 1 aliphatic heterocycles. The maximum Gasteiger partial charge on any atom is 0.315 e. The average Bonchev–Trinajstić information content (AvgIpc) is 2.83. The molecule has 1 atom stereocenters. The first kappa shape index (κ1) is 25.4. The third-order valence-electron chi connectivity index (χ3n) is 5.59. The largest absolute Gasteiger partial charge is 0.337 e. The molecular formula is C24H27ClF2N4O3. The fourth-order valence-corrected chi connectivity index (χ4v) is 3.97. The van der Waals surface area contributed by atoms with Gasteiger partial charge in [-0.15, -0.1) is 0 Å². The molecule has 0 spiro atoms. The lowest BCUT2D eigenvalue weighted by atomic mass is 10.1. The van der Waals surface area contributed by atoms with Crippen LogP contribution in [0.15, 0.2) is 42.5 Å². The van der Waals surface area contributed by atoms with E-state index in [1.807, 2.05) is 6.92 Å². The van der Waals surface area contributed by atoms with Crippen LogP contribution in [0.2, 0.25) is 5.02 Å². The molecule has 1 saturated heterocycles. The summed E-state index contributed by atoms with van der Waals surface area (Å²) in [5.41, 5.74) is 0.947. The average molecular weight is 493 g/mol. The highest BCUT2D eigenvalue weighted by molar-refractivity contribution is 6.33. The summed E-state index contributed by atoms with van der Waals surface area (Å²) in [7, 11) is 0. The molecule has 7 nitrogen and oxygen atoms in total. The van der Waals surface area contributed by atoms with Crippen LogP contribution in [0.1, 0.15) is 35.7 Å². The summed E-state index contributed by atoms with van der Waals surface area (Å²) in [4.78, 5) is 41.3. The maximum atomic E-state index is 13.3. The van der Waals surface area contributed by atoms with E-state index in [9.17, 15) is 23.2 Å². The van der Waals surface area contributed by atoms with E-state index in [-0.39, 0.29) is 34.8 Å². The lowest BCUT2D eigenvalue weighted by Gasteiger charge is -2.36. The Labute approximate surface area is 202 Å². The summed E-state index contributed by atoms with van der Waals surface area (Å²) in [5.74, 6) is -1.41. The normalized spacial score (nSPS) is 14.5. The summed E-state index contributed by atoms with van der Waals surface area (Å²) in [6, 6.07) is 8.21. The van der Waals surface area contributed by atoms with Crippen LogP contribution < -0.4 is 10.6 Å². The Hall–Kier alpha value is -3.20. The quantitative estimate of drug-likeness (QED) is 0.620. The monoisotopic (exact) mass is 492 g/mol. The molecule has 1 unspecified atom stereocenters. The number of piperazine rings is 1. The number of nitrogens with one attached hydrogen (secondary N) is 2. The highest BCUT2D eigenvalue weighted by Crippen LogP contribution is 2.20. The molecule has 4 amide bonds. The summed E-state index contributed by atoms with van der Waals surface area (Å²) in [6.07, 6.45) is 1.16. The van der Waals surface area contributed by atoms with Gasteiger partial charge in [-0.05, 0) is 42.3 Å². The fraction of sp³-hybridized carbons (Fsp3) is 0.375. The first-order chi connectivity index (χ1) is 16.3. The predicted octanol–water partition coefficient (Wildman–Crippen LogP) is 3.57. The molecule has 0 aliphatic carbocycles. The smallest absolute Gasteiger partial charge is 0.315 e. The lowest BCUT2D eigenvalue weighted by Crippen LogP contribution is -2.56. The number of rotatable bonds is 7. The van der Waals surface area contributed by atoms with E-state index in [4.69, 9.17) is 11.6 Å². The zero-order chi connectivity index (χ0) is 24.7. The van der Waals surface area contributed by atoms with Crippen molar-refractivity contribution in [3.63, 3.8) is 0 Å². The van der Waals surface area contributed by atoms with E-state index in [1.165, 1.54) is 24.3 Å². The van der Waals surface area contributed by atoms with Crippen molar-refractivity contribution in [3.8, 4) is 0 Å². The second kappa shape index (κ2) is 11.8. The molecule has 0 bridgehead atoms. The van der Waals surface area contributed by atoms with Crippen molar-refractivity contribution < 1.29 is 23.2 Å². The van der Waals surface area contributed by atoms with Gasteiger partial charge in [-0.1, -0.05) is 37.1 Å². The van der Waals surface area contributed by atoms with E-state index in [0.717, 1.165) is 11.6 Å². The number of nitrogens with zero attached hydrogens (tertiary/aromatic N) is 2. The van der Waals surface area contributed by atoms with Gasteiger partial charge in [0.15, 0.2) is 0 Å². The van der Waals surface area contributed by atoms with Crippen LogP contribution in [0.4, 0.5) is 13.6 Å². The molecule has 182 valence electrons. The van der Waals surface area contributed by atoms with Crippen LogP contribution >= 0.6 is 11.6 Å².